The van der Waals surface area contributed by atoms with E-state index in [-0.39, 0.29) is 0 Å². The fourth-order valence-electron chi connectivity index (χ4n) is 1.66. The van der Waals surface area contributed by atoms with Crippen LogP contribution in [0.25, 0.3) is 0 Å². The first-order chi connectivity index (χ1) is 6.56. The SMILES string of the molecule is CCc1c(C(=O)O)ccn1CC(C)C. The van der Waals surface area contributed by atoms with Crippen LogP contribution in [0.1, 0.15) is 36.8 Å². The highest BCUT2D eigenvalue weighted by atomic mass is 16.4. The first kappa shape index (κ1) is 10.8. The van der Waals surface area contributed by atoms with Crippen molar-refractivity contribution < 1.29 is 9.90 Å². The van der Waals surface area contributed by atoms with Gasteiger partial charge in [-0.1, -0.05) is 20.8 Å². The predicted molar refractivity (Wildman–Crippen MR) is 55.6 cm³/mol. The van der Waals surface area contributed by atoms with E-state index in [1.165, 1.54) is 0 Å². The molecular formula is C11H17NO2. The highest BCUT2D eigenvalue weighted by molar-refractivity contribution is 5.89. The highest BCUT2D eigenvalue weighted by Crippen LogP contribution is 2.14. The molecule has 1 rings (SSSR count). The molecule has 3 nitrogen and oxygen atoms in total. The maximum absolute atomic E-state index is 10.9. The van der Waals surface area contributed by atoms with Gasteiger partial charge >= 0.3 is 5.97 Å². The third kappa shape index (κ3) is 2.16. The molecule has 0 saturated heterocycles. The second-order valence-corrected chi connectivity index (χ2v) is 3.88. The van der Waals surface area contributed by atoms with Crippen molar-refractivity contribution in [1.82, 2.24) is 4.57 Å². The number of rotatable bonds is 4. The fourth-order valence-corrected chi connectivity index (χ4v) is 1.66. The quantitative estimate of drug-likeness (QED) is 0.801. The van der Waals surface area contributed by atoms with Gasteiger partial charge in [-0.05, 0) is 18.4 Å². The molecule has 0 fully saturated rings. The molecule has 0 radical (unpaired) electrons. The van der Waals surface area contributed by atoms with Gasteiger partial charge in [0, 0.05) is 18.4 Å². The van der Waals surface area contributed by atoms with Crippen molar-refractivity contribution >= 4 is 5.97 Å². The van der Waals surface area contributed by atoms with E-state index in [2.05, 4.69) is 13.8 Å². The van der Waals surface area contributed by atoms with Crippen molar-refractivity contribution in [1.29, 1.82) is 0 Å². The first-order valence-electron chi connectivity index (χ1n) is 4.97. The Bertz CT molecular complexity index is 326. The molecule has 1 N–H and O–H groups in total. The zero-order chi connectivity index (χ0) is 10.7. The molecule has 0 spiro atoms. The van der Waals surface area contributed by atoms with Gasteiger partial charge in [0.15, 0.2) is 0 Å². The summed E-state index contributed by atoms with van der Waals surface area (Å²) in [4.78, 5) is 10.9. The minimum atomic E-state index is -0.829. The first-order valence-corrected chi connectivity index (χ1v) is 4.97. The molecule has 78 valence electrons. The number of carboxylic acid groups (broad SMARTS) is 1. The molecule has 1 aromatic rings. The summed E-state index contributed by atoms with van der Waals surface area (Å²) >= 11 is 0. The maximum atomic E-state index is 10.9. The molecule has 1 heterocycles. The standard InChI is InChI=1S/C11H17NO2/c1-4-10-9(11(13)14)5-6-12(10)7-8(2)3/h5-6,8H,4,7H2,1-3H3,(H,13,14). The topological polar surface area (TPSA) is 42.2 Å². The Kier molecular flexibility index (Phi) is 3.33. The lowest BCUT2D eigenvalue weighted by Crippen LogP contribution is -2.09. The summed E-state index contributed by atoms with van der Waals surface area (Å²) in [7, 11) is 0. The Morgan fingerprint density at radius 3 is 2.64 bits per heavy atom. The fraction of sp³-hybridized carbons (Fsp3) is 0.545. The molecule has 0 amide bonds. The third-order valence-electron chi connectivity index (χ3n) is 2.21. The van der Waals surface area contributed by atoms with Gasteiger partial charge in [-0.2, -0.15) is 0 Å². The van der Waals surface area contributed by atoms with Gasteiger partial charge in [-0.25, -0.2) is 4.79 Å². The van der Waals surface area contributed by atoms with Crippen LogP contribution in [0.5, 0.6) is 0 Å². The largest absolute Gasteiger partial charge is 0.478 e. The average molecular weight is 195 g/mol. The van der Waals surface area contributed by atoms with Crippen molar-refractivity contribution in [3.05, 3.63) is 23.5 Å². The van der Waals surface area contributed by atoms with Crippen LogP contribution < -0.4 is 0 Å². The number of carbonyl (C=O) groups is 1. The summed E-state index contributed by atoms with van der Waals surface area (Å²) in [5.74, 6) is -0.293. The van der Waals surface area contributed by atoms with Gasteiger partial charge in [0.25, 0.3) is 0 Å². The maximum Gasteiger partial charge on any atom is 0.337 e. The van der Waals surface area contributed by atoms with Crippen LogP contribution in [0.3, 0.4) is 0 Å². The van der Waals surface area contributed by atoms with Crippen LogP contribution in [0.4, 0.5) is 0 Å². The third-order valence-corrected chi connectivity index (χ3v) is 2.21. The van der Waals surface area contributed by atoms with Crippen LogP contribution in [-0.4, -0.2) is 15.6 Å². The molecule has 0 aliphatic carbocycles. The van der Waals surface area contributed by atoms with E-state index in [1.807, 2.05) is 17.7 Å². The Balaban J connectivity index is 3.01. The van der Waals surface area contributed by atoms with E-state index < -0.39 is 5.97 Å². The van der Waals surface area contributed by atoms with Crippen molar-refractivity contribution in [2.75, 3.05) is 0 Å². The second-order valence-electron chi connectivity index (χ2n) is 3.88. The van der Waals surface area contributed by atoms with E-state index >= 15 is 0 Å². The number of hydrogen-bond acceptors (Lipinski definition) is 1. The van der Waals surface area contributed by atoms with Crippen molar-refractivity contribution in [3.63, 3.8) is 0 Å². The summed E-state index contributed by atoms with van der Waals surface area (Å²) in [6.07, 6.45) is 2.63. The molecule has 1 aromatic heterocycles. The minimum Gasteiger partial charge on any atom is -0.478 e. The van der Waals surface area contributed by atoms with E-state index in [0.717, 1.165) is 18.7 Å². The predicted octanol–water partition coefficient (Wildman–Crippen LogP) is 2.40. The van der Waals surface area contributed by atoms with Crippen molar-refractivity contribution in [2.45, 2.75) is 33.7 Å². The summed E-state index contributed by atoms with van der Waals surface area (Å²) < 4.78 is 2.04. The van der Waals surface area contributed by atoms with Crippen LogP contribution in [0.15, 0.2) is 12.3 Å². The average Bonchev–Trinajstić information content (AvgIpc) is 2.46. The Morgan fingerprint density at radius 1 is 1.57 bits per heavy atom. The second kappa shape index (κ2) is 4.31. The highest BCUT2D eigenvalue weighted by Gasteiger charge is 2.13. The Hall–Kier alpha value is -1.25. The van der Waals surface area contributed by atoms with E-state index in [9.17, 15) is 4.79 Å². The lowest BCUT2D eigenvalue weighted by Gasteiger charge is -2.10. The normalized spacial score (nSPS) is 10.9. The van der Waals surface area contributed by atoms with Crippen LogP contribution in [0, 0.1) is 5.92 Å². The van der Waals surface area contributed by atoms with Gasteiger partial charge in [0.2, 0.25) is 0 Å². The van der Waals surface area contributed by atoms with Gasteiger partial charge < -0.3 is 9.67 Å². The van der Waals surface area contributed by atoms with Gasteiger partial charge in [-0.15, -0.1) is 0 Å². The van der Waals surface area contributed by atoms with E-state index in [4.69, 9.17) is 5.11 Å². The lowest BCUT2D eigenvalue weighted by molar-refractivity contribution is 0.0695. The molecule has 0 aliphatic rings. The molecule has 0 atom stereocenters. The molecular weight excluding hydrogens is 178 g/mol. The number of nitrogens with zero attached hydrogens (tertiary/aromatic N) is 1. The van der Waals surface area contributed by atoms with Crippen LogP contribution in [0.2, 0.25) is 0 Å². The zero-order valence-electron chi connectivity index (χ0n) is 8.95. The monoisotopic (exact) mass is 195 g/mol. The van der Waals surface area contributed by atoms with Crippen LogP contribution in [-0.2, 0) is 13.0 Å². The summed E-state index contributed by atoms with van der Waals surface area (Å²) in [6, 6.07) is 1.68. The molecule has 0 aliphatic heterocycles. The Morgan fingerprint density at radius 2 is 2.21 bits per heavy atom. The molecule has 0 unspecified atom stereocenters. The van der Waals surface area contributed by atoms with Crippen LogP contribution >= 0.6 is 0 Å². The van der Waals surface area contributed by atoms with E-state index in [0.29, 0.717) is 11.5 Å². The minimum absolute atomic E-state index is 0.438. The number of hydrogen-bond donors (Lipinski definition) is 1. The zero-order valence-corrected chi connectivity index (χ0v) is 8.95. The number of aromatic nitrogens is 1. The molecule has 0 bridgehead atoms. The number of aromatic carboxylic acids is 1. The van der Waals surface area contributed by atoms with E-state index in [1.54, 1.807) is 6.07 Å². The van der Waals surface area contributed by atoms with Gasteiger partial charge in [0.05, 0.1) is 5.56 Å². The van der Waals surface area contributed by atoms with Crippen molar-refractivity contribution in [2.24, 2.45) is 5.92 Å². The van der Waals surface area contributed by atoms with Gasteiger partial charge in [0.1, 0.15) is 0 Å². The van der Waals surface area contributed by atoms with Crippen molar-refractivity contribution in [3.8, 4) is 0 Å². The lowest BCUT2D eigenvalue weighted by atomic mass is 10.2. The van der Waals surface area contributed by atoms with Gasteiger partial charge in [-0.3, -0.25) is 0 Å². The summed E-state index contributed by atoms with van der Waals surface area (Å²) in [6.45, 7) is 7.12. The summed E-state index contributed by atoms with van der Waals surface area (Å²) in [5.41, 5.74) is 1.36. The molecule has 0 saturated carbocycles. The molecule has 0 aromatic carbocycles. The molecule has 3 heteroatoms. The smallest absolute Gasteiger partial charge is 0.337 e. The molecule has 14 heavy (non-hydrogen) atoms. The Labute approximate surface area is 84.4 Å². The number of carboxylic acids is 1. The summed E-state index contributed by atoms with van der Waals surface area (Å²) in [5, 5.41) is 8.93.